The van der Waals surface area contributed by atoms with Crippen molar-refractivity contribution in [3.8, 4) is 6.01 Å². The molecule has 0 aliphatic heterocycles. The van der Waals surface area contributed by atoms with Crippen molar-refractivity contribution in [2.75, 3.05) is 43.1 Å². The molecule has 0 amide bonds. The van der Waals surface area contributed by atoms with Gasteiger partial charge in [-0.3, -0.25) is 0 Å². The first kappa shape index (κ1) is 16.4. The lowest BCUT2D eigenvalue weighted by atomic mass is 10.6. The zero-order valence-electron chi connectivity index (χ0n) is 11.8. The van der Waals surface area contributed by atoms with E-state index in [1.807, 2.05) is 13.8 Å². The zero-order valence-corrected chi connectivity index (χ0v) is 12.6. The van der Waals surface area contributed by atoms with Gasteiger partial charge < -0.3 is 15.4 Å². The molecule has 1 rings (SSSR count). The summed E-state index contributed by atoms with van der Waals surface area (Å²) in [7, 11) is -3.19. The fourth-order valence-corrected chi connectivity index (χ4v) is 1.75. The van der Waals surface area contributed by atoms with Crippen molar-refractivity contribution in [1.82, 2.24) is 19.7 Å². The van der Waals surface area contributed by atoms with Crippen molar-refractivity contribution in [1.29, 1.82) is 0 Å². The molecular formula is C10H20N6O3S. The second-order valence-corrected chi connectivity index (χ2v) is 5.65. The number of rotatable bonds is 9. The van der Waals surface area contributed by atoms with Gasteiger partial charge in [-0.15, -0.1) is 0 Å². The molecule has 0 bridgehead atoms. The molecule has 0 aliphatic rings. The SMILES string of the molecule is CCNc1nc(NCCNS(C)(=O)=O)nc(OCC)n1. The molecule has 0 radical (unpaired) electrons. The first-order valence-electron chi connectivity index (χ1n) is 6.26. The minimum Gasteiger partial charge on any atom is -0.464 e. The Morgan fingerprint density at radius 2 is 1.70 bits per heavy atom. The maximum Gasteiger partial charge on any atom is 0.323 e. The van der Waals surface area contributed by atoms with E-state index in [1.165, 1.54) is 0 Å². The quantitative estimate of drug-likeness (QED) is 0.530. The number of nitrogens with zero attached hydrogens (tertiary/aromatic N) is 3. The van der Waals surface area contributed by atoms with E-state index in [4.69, 9.17) is 4.74 Å². The van der Waals surface area contributed by atoms with Crippen molar-refractivity contribution in [2.24, 2.45) is 0 Å². The van der Waals surface area contributed by atoms with Crippen LogP contribution in [0.4, 0.5) is 11.9 Å². The van der Waals surface area contributed by atoms with Gasteiger partial charge in [0.1, 0.15) is 0 Å². The van der Waals surface area contributed by atoms with Crippen LogP contribution in [0.25, 0.3) is 0 Å². The molecule has 0 atom stereocenters. The van der Waals surface area contributed by atoms with Gasteiger partial charge in [0.2, 0.25) is 21.9 Å². The lowest BCUT2D eigenvalue weighted by Crippen LogP contribution is -2.28. The normalized spacial score (nSPS) is 11.2. The summed E-state index contributed by atoms with van der Waals surface area (Å²) in [6.45, 7) is 5.47. The molecular weight excluding hydrogens is 284 g/mol. The van der Waals surface area contributed by atoms with Crippen LogP contribution in [0.5, 0.6) is 6.01 Å². The Bertz CT molecular complexity index is 497. The monoisotopic (exact) mass is 304 g/mol. The minimum atomic E-state index is -3.19. The van der Waals surface area contributed by atoms with E-state index >= 15 is 0 Å². The van der Waals surface area contributed by atoms with Crippen LogP contribution in [0.15, 0.2) is 0 Å². The number of anilines is 2. The summed E-state index contributed by atoms with van der Waals surface area (Å²) in [6, 6.07) is 0.219. The van der Waals surface area contributed by atoms with E-state index in [2.05, 4.69) is 30.3 Å². The van der Waals surface area contributed by atoms with Crippen LogP contribution >= 0.6 is 0 Å². The number of hydrogen-bond donors (Lipinski definition) is 3. The van der Waals surface area contributed by atoms with Gasteiger partial charge in [0.15, 0.2) is 0 Å². The molecule has 0 spiro atoms. The predicted molar refractivity (Wildman–Crippen MR) is 76.5 cm³/mol. The summed E-state index contributed by atoms with van der Waals surface area (Å²) in [5.41, 5.74) is 0. The summed E-state index contributed by atoms with van der Waals surface area (Å²) in [5, 5.41) is 5.87. The molecule has 0 saturated heterocycles. The van der Waals surface area contributed by atoms with Crippen LogP contribution < -0.4 is 20.1 Å². The van der Waals surface area contributed by atoms with Gasteiger partial charge in [-0.05, 0) is 13.8 Å². The van der Waals surface area contributed by atoms with Gasteiger partial charge in [0.05, 0.1) is 12.9 Å². The maximum atomic E-state index is 10.9. The van der Waals surface area contributed by atoms with Crippen LogP contribution in [0.3, 0.4) is 0 Å². The average molecular weight is 304 g/mol. The first-order valence-corrected chi connectivity index (χ1v) is 8.15. The van der Waals surface area contributed by atoms with Gasteiger partial charge in [-0.2, -0.15) is 15.0 Å². The summed E-state index contributed by atoms with van der Waals surface area (Å²) in [4.78, 5) is 12.3. The Morgan fingerprint density at radius 1 is 1.05 bits per heavy atom. The summed E-state index contributed by atoms with van der Waals surface area (Å²) >= 11 is 0. The molecule has 9 nitrogen and oxygen atoms in total. The smallest absolute Gasteiger partial charge is 0.323 e. The van der Waals surface area contributed by atoms with Crippen LogP contribution in [0.2, 0.25) is 0 Å². The molecule has 0 unspecified atom stereocenters. The molecule has 1 aromatic rings. The van der Waals surface area contributed by atoms with Crippen LogP contribution in [0.1, 0.15) is 13.8 Å². The fraction of sp³-hybridized carbons (Fsp3) is 0.700. The number of ether oxygens (including phenoxy) is 1. The Hall–Kier alpha value is -1.68. The van der Waals surface area contributed by atoms with Gasteiger partial charge in [-0.1, -0.05) is 0 Å². The third-order valence-corrected chi connectivity index (χ3v) is 2.72. The fourth-order valence-electron chi connectivity index (χ4n) is 1.28. The molecule has 10 heteroatoms. The lowest BCUT2D eigenvalue weighted by Gasteiger charge is -2.09. The second-order valence-electron chi connectivity index (χ2n) is 3.82. The second kappa shape index (κ2) is 7.80. The van der Waals surface area contributed by atoms with Gasteiger partial charge in [0.25, 0.3) is 0 Å². The third-order valence-electron chi connectivity index (χ3n) is 2.00. The Morgan fingerprint density at radius 3 is 2.25 bits per heavy atom. The Balaban J connectivity index is 2.63. The highest BCUT2D eigenvalue weighted by molar-refractivity contribution is 7.88. The molecule has 0 aromatic carbocycles. The molecule has 3 N–H and O–H groups in total. The van der Waals surface area contributed by atoms with E-state index in [-0.39, 0.29) is 12.6 Å². The van der Waals surface area contributed by atoms with Gasteiger partial charge in [-0.25, -0.2) is 13.1 Å². The number of nitrogens with one attached hydrogen (secondary N) is 3. The van der Waals surface area contributed by atoms with Crippen LogP contribution in [-0.4, -0.2) is 55.9 Å². The topological polar surface area (TPSA) is 118 Å². The Labute approximate surface area is 118 Å². The summed E-state index contributed by atoms with van der Waals surface area (Å²) in [6.07, 6.45) is 1.10. The molecule has 1 heterocycles. The lowest BCUT2D eigenvalue weighted by molar-refractivity contribution is 0.312. The van der Waals surface area contributed by atoms with Gasteiger partial charge in [0, 0.05) is 19.6 Å². The van der Waals surface area contributed by atoms with Crippen molar-refractivity contribution >= 4 is 21.9 Å². The third kappa shape index (κ3) is 6.48. The van der Waals surface area contributed by atoms with Crippen LogP contribution in [0, 0.1) is 0 Å². The van der Waals surface area contributed by atoms with Crippen LogP contribution in [-0.2, 0) is 10.0 Å². The highest BCUT2D eigenvalue weighted by atomic mass is 32.2. The highest BCUT2D eigenvalue weighted by Gasteiger charge is 2.06. The van der Waals surface area contributed by atoms with Crippen molar-refractivity contribution in [3.05, 3.63) is 0 Å². The van der Waals surface area contributed by atoms with E-state index < -0.39 is 10.0 Å². The van der Waals surface area contributed by atoms with E-state index in [9.17, 15) is 8.42 Å². The zero-order chi connectivity index (χ0) is 15.0. The predicted octanol–water partition coefficient (Wildman–Crippen LogP) is -0.337. The molecule has 20 heavy (non-hydrogen) atoms. The standard InChI is InChI=1S/C10H20N6O3S/c1-4-11-8-14-9(16-10(15-8)19-5-2)12-6-7-13-20(3,17)18/h13H,4-7H2,1-3H3,(H2,11,12,14,15,16). The molecule has 0 saturated carbocycles. The summed E-state index contributed by atoms with van der Waals surface area (Å²) in [5.74, 6) is 0.735. The minimum absolute atomic E-state index is 0.219. The largest absolute Gasteiger partial charge is 0.464 e. The molecule has 114 valence electrons. The van der Waals surface area contributed by atoms with Crippen molar-refractivity contribution < 1.29 is 13.2 Å². The van der Waals surface area contributed by atoms with Gasteiger partial charge >= 0.3 is 6.01 Å². The highest BCUT2D eigenvalue weighted by Crippen LogP contribution is 2.10. The number of aromatic nitrogens is 3. The molecule has 0 aliphatic carbocycles. The molecule has 0 fully saturated rings. The number of hydrogen-bond acceptors (Lipinski definition) is 8. The average Bonchev–Trinajstić information content (AvgIpc) is 2.34. The van der Waals surface area contributed by atoms with E-state index in [1.54, 1.807) is 0 Å². The maximum absolute atomic E-state index is 10.9. The summed E-state index contributed by atoms with van der Waals surface area (Å²) < 4.78 is 29.4. The number of sulfonamides is 1. The first-order chi connectivity index (χ1) is 9.44. The van der Waals surface area contributed by atoms with E-state index in [0.29, 0.717) is 31.6 Å². The van der Waals surface area contributed by atoms with Crippen molar-refractivity contribution in [2.45, 2.75) is 13.8 Å². The van der Waals surface area contributed by atoms with E-state index in [0.717, 1.165) is 6.26 Å². The van der Waals surface area contributed by atoms with Crippen molar-refractivity contribution in [3.63, 3.8) is 0 Å². The Kier molecular flexibility index (Phi) is 6.39. The molecule has 1 aromatic heterocycles.